The van der Waals surface area contributed by atoms with Crippen LogP contribution in [0.4, 0.5) is 0 Å². The van der Waals surface area contributed by atoms with Gasteiger partial charge >= 0.3 is 8.80 Å². The lowest BCUT2D eigenvalue weighted by atomic mass is 9.81. The molecule has 0 aromatic heterocycles. The third kappa shape index (κ3) is 10.5. The number of carbonyl (C=O) groups excluding carboxylic acids is 3. The largest absolute Gasteiger partial charge is 0.705 e. The van der Waals surface area contributed by atoms with Crippen LogP contribution in [0.3, 0.4) is 0 Å². The molecular weight excluding hydrogens is 488 g/mol. The van der Waals surface area contributed by atoms with Crippen LogP contribution in [-0.4, -0.2) is 33.3 Å². The summed E-state index contributed by atoms with van der Waals surface area (Å²) in [5.74, 6) is -0.0149. The predicted molar refractivity (Wildman–Crippen MR) is 145 cm³/mol. The molecule has 7 nitrogen and oxygen atoms in total. The average Bonchev–Trinajstić information content (AvgIpc) is 2.84. The molecule has 0 bridgehead atoms. The van der Waals surface area contributed by atoms with Crippen molar-refractivity contribution in [3.8, 4) is 5.75 Å². The number of benzene rings is 1. The van der Waals surface area contributed by atoms with Crippen molar-refractivity contribution in [2.75, 3.05) is 6.61 Å². The van der Waals surface area contributed by atoms with Gasteiger partial charge in [0.2, 0.25) is 0 Å². The molecule has 8 heteroatoms. The molecule has 1 fully saturated rings. The highest BCUT2D eigenvalue weighted by molar-refractivity contribution is 6.65. The molecule has 0 spiro atoms. The third-order valence-corrected chi connectivity index (χ3v) is 9.64. The minimum atomic E-state index is -3.84. The Bertz CT molecular complexity index is 838. The van der Waals surface area contributed by atoms with Crippen LogP contribution in [0.15, 0.2) is 18.2 Å². The van der Waals surface area contributed by atoms with Crippen LogP contribution < -0.4 is 4.74 Å². The van der Waals surface area contributed by atoms with Crippen molar-refractivity contribution in [3.05, 3.63) is 29.3 Å². The Labute approximate surface area is 224 Å². The van der Waals surface area contributed by atoms with E-state index >= 15 is 0 Å². The Hall–Kier alpha value is -2.35. The van der Waals surface area contributed by atoms with Crippen LogP contribution in [0.25, 0.3) is 0 Å². The zero-order chi connectivity index (χ0) is 27.3. The zero-order valence-electron chi connectivity index (χ0n) is 23.4. The molecule has 1 aromatic carbocycles. The Kier molecular flexibility index (Phi) is 13.2. The fourth-order valence-electron chi connectivity index (χ4n) is 5.30. The smallest absolute Gasteiger partial charge is 0.493 e. The van der Waals surface area contributed by atoms with Gasteiger partial charge in [0, 0.05) is 20.8 Å². The lowest BCUT2D eigenvalue weighted by Crippen LogP contribution is -2.49. The highest BCUT2D eigenvalue weighted by Crippen LogP contribution is 2.40. The van der Waals surface area contributed by atoms with Gasteiger partial charge in [0.05, 0.1) is 12.7 Å². The number of hydrogen-bond donors (Lipinski definition) is 0. The predicted octanol–water partition coefficient (Wildman–Crippen LogP) is 7.21. The van der Waals surface area contributed by atoms with E-state index < -0.39 is 26.7 Å². The molecule has 0 amide bonds. The monoisotopic (exact) mass is 534 g/mol. The zero-order valence-corrected chi connectivity index (χ0v) is 24.4. The van der Waals surface area contributed by atoms with Gasteiger partial charge in [-0.2, -0.15) is 0 Å². The van der Waals surface area contributed by atoms with Crippen molar-refractivity contribution in [1.29, 1.82) is 0 Å². The van der Waals surface area contributed by atoms with Crippen LogP contribution in [0, 0.1) is 0 Å². The maximum Gasteiger partial charge on any atom is 0.705 e. The van der Waals surface area contributed by atoms with Gasteiger partial charge in [-0.25, -0.2) is 0 Å². The SMILES string of the molecule is CCCCC(CCC)c1ccc(OCCC[Si](OC(C)=O)(OC(C)=O)OC(C)=O)c(C2CCCCC2)c1. The van der Waals surface area contributed by atoms with Crippen molar-refractivity contribution >= 4 is 26.7 Å². The lowest BCUT2D eigenvalue weighted by molar-refractivity contribution is -0.147. The van der Waals surface area contributed by atoms with Crippen molar-refractivity contribution in [2.24, 2.45) is 0 Å². The normalized spacial score (nSPS) is 15.1. The number of ether oxygens (including phenoxy) is 1. The Morgan fingerprint density at radius 3 is 2.03 bits per heavy atom. The van der Waals surface area contributed by atoms with Gasteiger partial charge in [0.25, 0.3) is 17.9 Å². The Balaban J connectivity index is 2.20. The van der Waals surface area contributed by atoms with Crippen molar-refractivity contribution in [1.82, 2.24) is 0 Å². The molecule has 1 atom stereocenters. The molecule has 0 heterocycles. The summed E-state index contributed by atoms with van der Waals surface area (Å²) >= 11 is 0. The molecule has 1 saturated carbocycles. The molecule has 1 unspecified atom stereocenters. The third-order valence-electron chi connectivity index (χ3n) is 6.88. The van der Waals surface area contributed by atoms with Gasteiger partial charge in [-0.05, 0) is 61.1 Å². The molecule has 1 aliphatic carbocycles. The van der Waals surface area contributed by atoms with Gasteiger partial charge in [-0.15, -0.1) is 0 Å². The van der Waals surface area contributed by atoms with Crippen LogP contribution >= 0.6 is 0 Å². The minimum Gasteiger partial charge on any atom is -0.493 e. The van der Waals surface area contributed by atoms with Gasteiger partial charge in [-0.3, -0.25) is 14.4 Å². The lowest BCUT2D eigenvalue weighted by Gasteiger charge is -2.27. The van der Waals surface area contributed by atoms with E-state index in [4.69, 9.17) is 18.0 Å². The van der Waals surface area contributed by atoms with E-state index in [0.717, 1.165) is 5.75 Å². The first kappa shape index (κ1) is 30.9. The maximum absolute atomic E-state index is 11.7. The van der Waals surface area contributed by atoms with Crippen molar-refractivity contribution in [2.45, 2.75) is 123 Å². The quantitative estimate of drug-likeness (QED) is 0.174. The number of hydrogen-bond acceptors (Lipinski definition) is 7. The summed E-state index contributed by atoms with van der Waals surface area (Å²) in [6.07, 6.45) is 12.5. The molecule has 0 saturated heterocycles. The fourth-order valence-corrected chi connectivity index (χ4v) is 7.63. The Morgan fingerprint density at radius 1 is 0.865 bits per heavy atom. The van der Waals surface area contributed by atoms with Crippen molar-refractivity contribution in [3.63, 3.8) is 0 Å². The van der Waals surface area contributed by atoms with E-state index in [-0.39, 0.29) is 6.04 Å². The summed E-state index contributed by atoms with van der Waals surface area (Å²) in [6, 6.07) is 6.82. The van der Waals surface area contributed by atoms with E-state index in [9.17, 15) is 14.4 Å². The topological polar surface area (TPSA) is 88.1 Å². The molecule has 0 radical (unpaired) electrons. The van der Waals surface area contributed by atoms with Crippen LogP contribution in [0.1, 0.15) is 128 Å². The molecule has 0 N–H and O–H groups in total. The summed E-state index contributed by atoms with van der Waals surface area (Å²) < 4.78 is 22.1. The van der Waals surface area contributed by atoms with Crippen LogP contribution in [-0.2, 0) is 27.7 Å². The van der Waals surface area contributed by atoms with E-state index in [1.807, 2.05) is 0 Å². The van der Waals surface area contributed by atoms with Gasteiger partial charge in [0.15, 0.2) is 0 Å². The highest BCUT2D eigenvalue weighted by atomic mass is 28.4. The maximum atomic E-state index is 11.7. The highest BCUT2D eigenvalue weighted by Gasteiger charge is 2.51. The number of carbonyl (C=O) groups is 3. The second kappa shape index (κ2) is 15.8. The Morgan fingerprint density at radius 2 is 1.49 bits per heavy atom. The molecule has 0 aliphatic heterocycles. The molecule has 1 aliphatic rings. The first-order valence-electron chi connectivity index (χ1n) is 14.0. The average molecular weight is 535 g/mol. The van der Waals surface area contributed by atoms with Gasteiger partial charge < -0.3 is 18.0 Å². The second-order valence-electron chi connectivity index (χ2n) is 10.2. The molecular formula is C29H46O7Si. The summed E-state index contributed by atoms with van der Waals surface area (Å²) in [7, 11) is -3.84. The molecule has 2 rings (SSSR count). The van der Waals surface area contributed by atoms with E-state index in [1.165, 1.54) is 96.1 Å². The van der Waals surface area contributed by atoms with E-state index in [0.29, 0.717) is 24.9 Å². The number of unbranched alkanes of at least 4 members (excludes halogenated alkanes) is 1. The summed E-state index contributed by atoms with van der Waals surface area (Å²) in [4.78, 5) is 35.1. The molecule has 37 heavy (non-hydrogen) atoms. The summed E-state index contributed by atoms with van der Waals surface area (Å²) in [5.41, 5.74) is 2.70. The molecule has 208 valence electrons. The van der Waals surface area contributed by atoms with Gasteiger partial charge in [0.1, 0.15) is 5.75 Å². The fraction of sp³-hybridized carbons (Fsp3) is 0.690. The van der Waals surface area contributed by atoms with Gasteiger partial charge in [-0.1, -0.05) is 64.5 Å². The second-order valence-corrected chi connectivity index (χ2v) is 12.7. The minimum absolute atomic E-state index is 0.109. The summed E-state index contributed by atoms with van der Waals surface area (Å²) in [6.45, 7) is 8.44. The van der Waals surface area contributed by atoms with Crippen molar-refractivity contribution < 1.29 is 32.4 Å². The first-order valence-corrected chi connectivity index (χ1v) is 16.0. The molecule has 1 aromatic rings. The van der Waals surface area contributed by atoms with E-state index in [2.05, 4.69) is 32.0 Å². The summed E-state index contributed by atoms with van der Waals surface area (Å²) in [5, 5.41) is 0. The van der Waals surface area contributed by atoms with Crippen LogP contribution in [0.2, 0.25) is 6.04 Å². The first-order chi connectivity index (χ1) is 17.7. The number of rotatable bonds is 15. The standard InChI is InChI=1S/C29H46O7Si/c1-6-8-14-25(13-7-2)27-17-18-29(28(21-27)26-15-10-9-11-16-26)33-19-12-20-37(34-22(3)30,35-23(4)31)36-24(5)32/h17-18,21,25-26H,6-16,19-20H2,1-5H3. The van der Waals surface area contributed by atoms with E-state index in [1.54, 1.807) is 0 Å². The van der Waals surface area contributed by atoms with Crippen LogP contribution in [0.5, 0.6) is 5.75 Å².